The molecule has 2 N–H and O–H groups in total. The maximum absolute atomic E-state index is 13.6. The van der Waals surface area contributed by atoms with Crippen LogP contribution in [0.1, 0.15) is 48.2 Å². The van der Waals surface area contributed by atoms with Gasteiger partial charge in [0.25, 0.3) is 0 Å². The Balaban J connectivity index is 1.65. The summed E-state index contributed by atoms with van der Waals surface area (Å²) in [5, 5.41) is 21.8. The summed E-state index contributed by atoms with van der Waals surface area (Å²) in [5.74, 6) is -2.72. The Kier molecular flexibility index (Phi) is 4.89. The number of rotatable bonds is 2. The van der Waals surface area contributed by atoms with Crippen molar-refractivity contribution in [2.75, 3.05) is 0 Å². The van der Waals surface area contributed by atoms with Crippen LogP contribution in [0.2, 0.25) is 0 Å². The number of carbonyl (C=O) groups is 3. The minimum absolute atomic E-state index is 0.123. The van der Waals surface area contributed by atoms with Gasteiger partial charge in [-0.1, -0.05) is 41.5 Å². The molecule has 0 aliphatic heterocycles. The standard InChI is InChI=1S/C28H26O5/c1-13-5-4-6-16(9-13)19-7-8-21(30)25-20(19)12-18-11-17-10-14(2)22(15(3)29)26(31)23(17)27(32)24(18)28(25)33/h4-9,17-18,23,30,32H,10-12H2,1-3H3. The number of phenols is 1. The Hall–Kier alpha value is -3.47. The molecule has 2 aromatic rings. The second kappa shape index (κ2) is 7.55. The monoisotopic (exact) mass is 442 g/mol. The van der Waals surface area contributed by atoms with Crippen molar-refractivity contribution in [1.82, 2.24) is 0 Å². The fraction of sp³-hybridized carbons (Fsp3) is 0.321. The molecule has 3 aliphatic rings. The highest BCUT2D eigenvalue weighted by atomic mass is 16.3. The van der Waals surface area contributed by atoms with Gasteiger partial charge in [-0.2, -0.15) is 0 Å². The molecule has 33 heavy (non-hydrogen) atoms. The minimum Gasteiger partial charge on any atom is -0.511 e. The van der Waals surface area contributed by atoms with Crippen LogP contribution in [-0.2, 0) is 16.0 Å². The first kappa shape index (κ1) is 21.4. The minimum atomic E-state index is -0.869. The van der Waals surface area contributed by atoms with Crippen molar-refractivity contribution >= 4 is 17.3 Å². The van der Waals surface area contributed by atoms with Gasteiger partial charge in [0, 0.05) is 5.57 Å². The van der Waals surface area contributed by atoms with Gasteiger partial charge in [0.2, 0.25) is 0 Å². The topological polar surface area (TPSA) is 91.7 Å². The van der Waals surface area contributed by atoms with E-state index in [1.807, 2.05) is 37.3 Å². The largest absolute Gasteiger partial charge is 0.511 e. The van der Waals surface area contributed by atoms with Gasteiger partial charge in [0.05, 0.1) is 17.1 Å². The van der Waals surface area contributed by atoms with Gasteiger partial charge in [0.1, 0.15) is 11.5 Å². The zero-order chi connectivity index (χ0) is 23.6. The predicted octanol–water partition coefficient (Wildman–Crippen LogP) is 5.05. The highest BCUT2D eigenvalue weighted by Crippen LogP contribution is 2.50. The van der Waals surface area contributed by atoms with Gasteiger partial charge < -0.3 is 10.2 Å². The SMILES string of the molecule is CC(=O)C1=C(C)CC2CC3Cc4c(-c5cccc(C)c5)ccc(O)c4C(=O)C3=C(O)C2C1=O. The van der Waals surface area contributed by atoms with Crippen molar-refractivity contribution in [3.8, 4) is 16.9 Å². The van der Waals surface area contributed by atoms with Crippen LogP contribution in [0, 0.1) is 24.7 Å². The lowest BCUT2D eigenvalue weighted by Crippen LogP contribution is -2.42. The van der Waals surface area contributed by atoms with Crippen LogP contribution in [0.4, 0.5) is 0 Å². The second-order valence-electron chi connectivity index (χ2n) is 9.64. The number of aliphatic hydroxyl groups excluding tert-OH is 1. The summed E-state index contributed by atoms with van der Waals surface area (Å²) in [4.78, 5) is 38.9. The van der Waals surface area contributed by atoms with Gasteiger partial charge >= 0.3 is 0 Å². The lowest BCUT2D eigenvalue weighted by atomic mass is 9.61. The van der Waals surface area contributed by atoms with E-state index in [2.05, 4.69) is 0 Å². The number of carbonyl (C=O) groups excluding carboxylic acids is 3. The van der Waals surface area contributed by atoms with Gasteiger partial charge in [-0.05, 0) is 74.6 Å². The lowest BCUT2D eigenvalue weighted by Gasteiger charge is -2.41. The Bertz CT molecular complexity index is 1310. The molecule has 3 aliphatic carbocycles. The first-order valence-electron chi connectivity index (χ1n) is 11.3. The molecular weight excluding hydrogens is 416 g/mol. The third kappa shape index (κ3) is 3.17. The van der Waals surface area contributed by atoms with Gasteiger partial charge in [-0.25, -0.2) is 0 Å². The van der Waals surface area contributed by atoms with Gasteiger partial charge in [0.15, 0.2) is 17.3 Å². The Morgan fingerprint density at radius 2 is 1.79 bits per heavy atom. The van der Waals surface area contributed by atoms with E-state index in [9.17, 15) is 24.6 Å². The number of Topliss-reactive ketones (excluding diaryl/α,β-unsaturated/α-hetero) is 3. The number of fused-ring (bicyclic) bond motifs is 3. The molecule has 2 aromatic carbocycles. The molecule has 0 saturated heterocycles. The molecule has 0 heterocycles. The van der Waals surface area contributed by atoms with Gasteiger partial charge in [-0.15, -0.1) is 0 Å². The van der Waals surface area contributed by atoms with Crippen molar-refractivity contribution < 1.29 is 24.6 Å². The summed E-state index contributed by atoms with van der Waals surface area (Å²) in [5.41, 5.74) is 5.07. The summed E-state index contributed by atoms with van der Waals surface area (Å²) >= 11 is 0. The second-order valence-corrected chi connectivity index (χ2v) is 9.64. The normalized spacial score (nSPS) is 24.4. The number of aliphatic hydroxyl groups is 1. The average Bonchev–Trinajstić information content (AvgIpc) is 2.73. The smallest absolute Gasteiger partial charge is 0.196 e. The lowest BCUT2D eigenvalue weighted by molar-refractivity contribution is -0.125. The van der Waals surface area contributed by atoms with E-state index in [4.69, 9.17) is 0 Å². The maximum atomic E-state index is 13.6. The van der Waals surface area contributed by atoms with E-state index < -0.39 is 17.5 Å². The first-order valence-corrected chi connectivity index (χ1v) is 11.3. The number of hydrogen-bond donors (Lipinski definition) is 2. The highest BCUT2D eigenvalue weighted by molar-refractivity contribution is 6.22. The number of ketones is 3. The van der Waals surface area contributed by atoms with Gasteiger partial charge in [-0.3, -0.25) is 14.4 Å². The summed E-state index contributed by atoms with van der Waals surface area (Å²) in [6, 6.07) is 11.4. The molecule has 0 radical (unpaired) electrons. The molecule has 0 aromatic heterocycles. The van der Waals surface area contributed by atoms with E-state index in [1.54, 1.807) is 6.92 Å². The first-order chi connectivity index (χ1) is 15.7. The molecule has 5 nitrogen and oxygen atoms in total. The maximum Gasteiger partial charge on any atom is 0.196 e. The van der Waals surface area contributed by atoms with E-state index in [0.29, 0.717) is 19.3 Å². The molecule has 0 bridgehead atoms. The quantitative estimate of drug-likeness (QED) is 0.635. The van der Waals surface area contributed by atoms with Crippen molar-refractivity contribution in [3.63, 3.8) is 0 Å². The number of aryl methyl sites for hydroxylation is 1. The number of aromatic hydroxyl groups is 1. The van der Waals surface area contributed by atoms with E-state index in [0.717, 1.165) is 27.8 Å². The van der Waals surface area contributed by atoms with Crippen LogP contribution >= 0.6 is 0 Å². The van der Waals surface area contributed by atoms with Crippen LogP contribution in [0.5, 0.6) is 5.75 Å². The molecule has 5 heteroatoms. The fourth-order valence-electron chi connectivity index (χ4n) is 6.15. The molecule has 168 valence electrons. The van der Waals surface area contributed by atoms with Crippen LogP contribution in [0.3, 0.4) is 0 Å². The Morgan fingerprint density at radius 1 is 1.03 bits per heavy atom. The van der Waals surface area contributed by atoms with Crippen molar-refractivity contribution in [1.29, 1.82) is 0 Å². The predicted molar refractivity (Wildman–Crippen MR) is 124 cm³/mol. The highest BCUT2D eigenvalue weighted by Gasteiger charge is 2.49. The van der Waals surface area contributed by atoms with Crippen LogP contribution in [0.15, 0.2) is 58.9 Å². The third-order valence-electron chi connectivity index (χ3n) is 7.46. The Morgan fingerprint density at radius 3 is 2.48 bits per heavy atom. The summed E-state index contributed by atoms with van der Waals surface area (Å²) in [7, 11) is 0. The molecular formula is C28H26O5. The molecule has 0 amide bonds. The van der Waals surface area contributed by atoms with Crippen molar-refractivity contribution in [2.45, 2.75) is 40.0 Å². The summed E-state index contributed by atoms with van der Waals surface area (Å²) < 4.78 is 0. The van der Waals surface area contributed by atoms with Crippen molar-refractivity contribution in [3.05, 3.63) is 75.6 Å². The third-order valence-corrected chi connectivity index (χ3v) is 7.46. The number of allylic oxidation sites excluding steroid dienone is 4. The molecule has 0 fully saturated rings. The molecule has 0 spiro atoms. The molecule has 5 rings (SSSR count). The van der Waals surface area contributed by atoms with Crippen LogP contribution < -0.4 is 0 Å². The summed E-state index contributed by atoms with van der Waals surface area (Å²) in [6.45, 7) is 5.17. The molecule has 3 atom stereocenters. The van der Waals surface area contributed by atoms with E-state index in [-0.39, 0.29) is 45.8 Å². The van der Waals surface area contributed by atoms with E-state index in [1.165, 1.54) is 13.0 Å². The number of benzene rings is 2. The molecule has 0 saturated carbocycles. The zero-order valence-electron chi connectivity index (χ0n) is 18.9. The molecule has 3 unspecified atom stereocenters. The number of phenolic OH excluding ortho intramolecular Hbond substituents is 1. The Labute approximate surface area is 192 Å². The van der Waals surface area contributed by atoms with Crippen molar-refractivity contribution in [2.24, 2.45) is 17.8 Å². The van der Waals surface area contributed by atoms with E-state index >= 15 is 0 Å². The summed E-state index contributed by atoms with van der Waals surface area (Å²) in [6.07, 6.45) is 1.62. The number of hydrogen-bond acceptors (Lipinski definition) is 5. The fourth-order valence-corrected chi connectivity index (χ4v) is 6.15. The average molecular weight is 443 g/mol. The van der Waals surface area contributed by atoms with Crippen LogP contribution in [-0.4, -0.2) is 27.6 Å². The zero-order valence-corrected chi connectivity index (χ0v) is 18.9. The van der Waals surface area contributed by atoms with Crippen LogP contribution in [0.25, 0.3) is 11.1 Å².